The van der Waals surface area contributed by atoms with Crippen LogP contribution in [0.2, 0.25) is 0 Å². The van der Waals surface area contributed by atoms with Gasteiger partial charge in [-0.25, -0.2) is 0 Å². The van der Waals surface area contributed by atoms with Crippen molar-refractivity contribution in [2.24, 2.45) is 0 Å². The minimum Gasteiger partial charge on any atom is -0.493 e. The van der Waals surface area contributed by atoms with Crippen molar-refractivity contribution in [1.82, 2.24) is 10.2 Å². The van der Waals surface area contributed by atoms with Gasteiger partial charge >= 0.3 is 0 Å². The monoisotopic (exact) mass is 288 g/mol. The van der Waals surface area contributed by atoms with E-state index in [1.54, 1.807) is 7.11 Å². The van der Waals surface area contributed by atoms with Gasteiger partial charge in [0.15, 0.2) is 11.3 Å². The van der Waals surface area contributed by atoms with Gasteiger partial charge in [-0.05, 0) is 45.0 Å². The Morgan fingerprint density at radius 2 is 2.14 bits per heavy atom. The maximum absolute atomic E-state index is 5.97. The Balaban J connectivity index is 1.62. The molecular formula is C17H24N2O2. The molecule has 1 aromatic carbocycles. The summed E-state index contributed by atoms with van der Waals surface area (Å²) in [7, 11) is 1.68. The lowest BCUT2D eigenvalue weighted by molar-refractivity contribution is 0.324. The molecule has 1 fully saturated rings. The van der Waals surface area contributed by atoms with E-state index in [2.05, 4.69) is 29.3 Å². The number of methoxy groups -OCH3 is 1. The predicted octanol–water partition coefficient (Wildman–Crippen LogP) is 3.19. The van der Waals surface area contributed by atoms with Gasteiger partial charge < -0.3 is 19.4 Å². The summed E-state index contributed by atoms with van der Waals surface area (Å²) >= 11 is 0. The molecule has 0 spiro atoms. The molecule has 1 atom stereocenters. The molecule has 3 rings (SSSR count). The summed E-state index contributed by atoms with van der Waals surface area (Å²) in [5, 5.41) is 4.64. The van der Waals surface area contributed by atoms with Crippen LogP contribution in [0.5, 0.6) is 5.75 Å². The number of hydrogen-bond acceptors (Lipinski definition) is 4. The van der Waals surface area contributed by atoms with E-state index in [1.807, 2.05) is 12.1 Å². The van der Waals surface area contributed by atoms with Crippen LogP contribution in [-0.2, 0) is 0 Å². The Kier molecular flexibility index (Phi) is 4.46. The smallest absolute Gasteiger partial charge is 0.176 e. The molecule has 21 heavy (non-hydrogen) atoms. The second kappa shape index (κ2) is 6.50. The quantitative estimate of drug-likeness (QED) is 0.886. The highest BCUT2D eigenvalue weighted by Crippen LogP contribution is 2.30. The highest BCUT2D eigenvalue weighted by atomic mass is 16.5. The molecule has 1 aliphatic rings. The zero-order chi connectivity index (χ0) is 14.7. The van der Waals surface area contributed by atoms with Gasteiger partial charge in [-0.3, -0.25) is 0 Å². The molecule has 1 saturated heterocycles. The number of benzene rings is 1. The largest absolute Gasteiger partial charge is 0.493 e. The predicted molar refractivity (Wildman–Crippen MR) is 84.9 cm³/mol. The van der Waals surface area contributed by atoms with Crippen LogP contribution in [-0.4, -0.2) is 38.2 Å². The maximum Gasteiger partial charge on any atom is 0.176 e. The topological polar surface area (TPSA) is 37.6 Å². The summed E-state index contributed by atoms with van der Waals surface area (Å²) in [4.78, 5) is 2.52. The molecule has 1 aromatic heterocycles. The van der Waals surface area contributed by atoms with Crippen molar-refractivity contribution < 1.29 is 9.15 Å². The standard InChI is InChI=1S/C17H24N2O2/c1-13(18-8-11-19-9-3-4-10-19)16-12-14-6-5-7-15(20-2)17(14)21-16/h5-7,12-13,18H,3-4,8-11H2,1-2H3. The van der Waals surface area contributed by atoms with Gasteiger partial charge in [0, 0.05) is 18.5 Å². The Morgan fingerprint density at radius 3 is 2.90 bits per heavy atom. The van der Waals surface area contributed by atoms with Crippen LogP contribution in [0.25, 0.3) is 11.0 Å². The van der Waals surface area contributed by atoms with E-state index in [-0.39, 0.29) is 6.04 Å². The average molecular weight is 288 g/mol. The second-order valence-corrected chi connectivity index (χ2v) is 5.75. The Morgan fingerprint density at radius 1 is 1.33 bits per heavy atom. The molecule has 0 aliphatic carbocycles. The first-order chi connectivity index (χ1) is 10.3. The molecule has 4 heteroatoms. The van der Waals surface area contributed by atoms with Gasteiger partial charge in [-0.15, -0.1) is 0 Å². The number of nitrogens with one attached hydrogen (secondary N) is 1. The summed E-state index contributed by atoms with van der Waals surface area (Å²) in [6, 6.07) is 8.30. The summed E-state index contributed by atoms with van der Waals surface area (Å²) in [5.74, 6) is 1.76. The normalized spacial score (nSPS) is 17.4. The van der Waals surface area contributed by atoms with E-state index in [4.69, 9.17) is 9.15 Å². The van der Waals surface area contributed by atoms with E-state index < -0.39 is 0 Å². The zero-order valence-corrected chi connectivity index (χ0v) is 12.9. The molecule has 1 N–H and O–H groups in total. The van der Waals surface area contributed by atoms with Crippen LogP contribution in [0.3, 0.4) is 0 Å². The Labute approximate surface area is 126 Å². The van der Waals surface area contributed by atoms with E-state index >= 15 is 0 Å². The molecule has 0 saturated carbocycles. The van der Waals surface area contributed by atoms with Gasteiger partial charge in [-0.1, -0.05) is 12.1 Å². The lowest BCUT2D eigenvalue weighted by Gasteiger charge is -2.17. The molecule has 2 aromatic rings. The van der Waals surface area contributed by atoms with E-state index in [0.29, 0.717) is 0 Å². The number of rotatable bonds is 6. The van der Waals surface area contributed by atoms with Crippen molar-refractivity contribution >= 4 is 11.0 Å². The summed E-state index contributed by atoms with van der Waals surface area (Å²) in [5.41, 5.74) is 0.836. The highest BCUT2D eigenvalue weighted by Gasteiger charge is 2.15. The summed E-state index contributed by atoms with van der Waals surface area (Å²) < 4.78 is 11.3. The first-order valence-corrected chi connectivity index (χ1v) is 7.80. The number of fused-ring (bicyclic) bond motifs is 1. The summed E-state index contributed by atoms with van der Waals surface area (Å²) in [6.45, 7) is 6.76. The van der Waals surface area contributed by atoms with Crippen LogP contribution in [0.1, 0.15) is 31.6 Å². The summed E-state index contributed by atoms with van der Waals surface area (Å²) in [6.07, 6.45) is 2.69. The molecule has 4 nitrogen and oxygen atoms in total. The molecule has 0 radical (unpaired) electrons. The van der Waals surface area contributed by atoms with Crippen molar-refractivity contribution in [3.63, 3.8) is 0 Å². The molecule has 1 unspecified atom stereocenters. The molecule has 114 valence electrons. The molecule has 0 bridgehead atoms. The SMILES string of the molecule is COc1cccc2cc(C(C)NCCN3CCCC3)oc12. The van der Waals surface area contributed by atoms with Crippen LogP contribution >= 0.6 is 0 Å². The first-order valence-electron chi connectivity index (χ1n) is 7.80. The van der Waals surface area contributed by atoms with Crippen molar-refractivity contribution in [2.75, 3.05) is 33.3 Å². The van der Waals surface area contributed by atoms with Gasteiger partial charge in [-0.2, -0.15) is 0 Å². The van der Waals surface area contributed by atoms with Crippen LogP contribution in [0.4, 0.5) is 0 Å². The number of ether oxygens (including phenoxy) is 1. The molecule has 0 amide bonds. The van der Waals surface area contributed by atoms with E-state index in [0.717, 1.165) is 35.6 Å². The van der Waals surface area contributed by atoms with Crippen LogP contribution in [0, 0.1) is 0 Å². The first kappa shape index (κ1) is 14.4. The number of hydrogen-bond donors (Lipinski definition) is 1. The minimum atomic E-state index is 0.213. The lowest BCUT2D eigenvalue weighted by atomic mass is 10.2. The third-order valence-corrected chi connectivity index (χ3v) is 4.25. The van der Waals surface area contributed by atoms with Crippen molar-refractivity contribution in [3.05, 3.63) is 30.0 Å². The Bertz CT molecular complexity index is 587. The van der Waals surface area contributed by atoms with Gasteiger partial charge in [0.05, 0.1) is 13.2 Å². The second-order valence-electron chi connectivity index (χ2n) is 5.75. The highest BCUT2D eigenvalue weighted by molar-refractivity contribution is 5.83. The maximum atomic E-state index is 5.97. The third kappa shape index (κ3) is 3.22. The van der Waals surface area contributed by atoms with Gasteiger partial charge in [0.1, 0.15) is 5.76 Å². The molecular weight excluding hydrogens is 264 g/mol. The van der Waals surface area contributed by atoms with Crippen molar-refractivity contribution in [1.29, 1.82) is 0 Å². The van der Waals surface area contributed by atoms with Crippen LogP contribution < -0.4 is 10.1 Å². The number of nitrogens with zero attached hydrogens (tertiary/aromatic N) is 1. The van der Waals surface area contributed by atoms with Gasteiger partial charge in [0.2, 0.25) is 0 Å². The Hall–Kier alpha value is -1.52. The number of furan rings is 1. The fourth-order valence-corrected chi connectivity index (χ4v) is 2.98. The van der Waals surface area contributed by atoms with Crippen LogP contribution in [0.15, 0.2) is 28.7 Å². The fourth-order valence-electron chi connectivity index (χ4n) is 2.98. The minimum absolute atomic E-state index is 0.213. The zero-order valence-electron chi connectivity index (χ0n) is 12.9. The number of para-hydroxylation sites is 1. The average Bonchev–Trinajstić information content (AvgIpc) is 3.15. The molecule has 2 heterocycles. The van der Waals surface area contributed by atoms with Gasteiger partial charge in [0.25, 0.3) is 0 Å². The van der Waals surface area contributed by atoms with Crippen molar-refractivity contribution in [3.8, 4) is 5.75 Å². The lowest BCUT2D eigenvalue weighted by Crippen LogP contribution is -2.31. The van der Waals surface area contributed by atoms with E-state index in [1.165, 1.54) is 25.9 Å². The fraction of sp³-hybridized carbons (Fsp3) is 0.529. The third-order valence-electron chi connectivity index (χ3n) is 4.25. The number of likely N-dealkylation sites (tertiary alicyclic amines) is 1. The molecule has 1 aliphatic heterocycles. The van der Waals surface area contributed by atoms with E-state index in [9.17, 15) is 0 Å². The van der Waals surface area contributed by atoms with Crippen molar-refractivity contribution in [2.45, 2.75) is 25.8 Å².